The van der Waals surface area contributed by atoms with E-state index in [0.29, 0.717) is 27.9 Å². The predicted octanol–water partition coefficient (Wildman–Crippen LogP) is 4.95. The van der Waals surface area contributed by atoms with Gasteiger partial charge in [-0.2, -0.15) is 8.78 Å². The number of thioether (sulfide) groups is 1. The average molecular weight is 387 g/mol. The number of anilines is 1. The molecule has 0 bridgehead atoms. The van der Waals surface area contributed by atoms with E-state index in [-0.39, 0.29) is 0 Å². The predicted molar refractivity (Wildman–Crippen MR) is 101 cm³/mol. The summed E-state index contributed by atoms with van der Waals surface area (Å²) in [5.41, 5.74) is 0.814. The topological polar surface area (TPSA) is 55.4 Å². The van der Waals surface area contributed by atoms with Crippen molar-refractivity contribution in [3.8, 4) is 0 Å². The zero-order valence-corrected chi connectivity index (χ0v) is 14.8. The van der Waals surface area contributed by atoms with Gasteiger partial charge in [0.15, 0.2) is 6.61 Å². The first-order chi connectivity index (χ1) is 13.0. The van der Waals surface area contributed by atoms with E-state index < -0.39 is 24.2 Å². The van der Waals surface area contributed by atoms with Gasteiger partial charge in [0, 0.05) is 10.6 Å². The van der Waals surface area contributed by atoms with Crippen LogP contribution in [0.3, 0.4) is 0 Å². The van der Waals surface area contributed by atoms with Crippen LogP contribution in [-0.2, 0) is 9.53 Å². The summed E-state index contributed by atoms with van der Waals surface area (Å²) >= 11 is 0.423. The van der Waals surface area contributed by atoms with Crippen LogP contribution < -0.4 is 5.32 Å². The highest BCUT2D eigenvalue weighted by Crippen LogP contribution is 2.26. The van der Waals surface area contributed by atoms with E-state index in [2.05, 4.69) is 5.32 Å². The highest BCUT2D eigenvalue weighted by molar-refractivity contribution is 7.99. The molecule has 27 heavy (non-hydrogen) atoms. The van der Waals surface area contributed by atoms with Crippen molar-refractivity contribution in [3.05, 3.63) is 72.3 Å². The van der Waals surface area contributed by atoms with Gasteiger partial charge < -0.3 is 10.1 Å². The minimum absolute atomic E-state index is 0.384. The van der Waals surface area contributed by atoms with Crippen molar-refractivity contribution in [1.29, 1.82) is 0 Å². The Kier molecular flexibility index (Phi) is 6.03. The van der Waals surface area contributed by atoms with Gasteiger partial charge in [0.2, 0.25) is 0 Å². The van der Waals surface area contributed by atoms with E-state index in [4.69, 9.17) is 4.74 Å². The molecular formula is C20H15F2NO3S. The molecule has 0 saturated carbocycles. The molecule has 0 spiro atoms. The fraction of sp³-hybridized carbons (Fsp3) is 0.100. The van der Waals surface area contributed by atoms with Gasteiger partial charge in [-0.1, -0.05) is 48.2 Å². The number of fused-ring (bicyclic) bond motifs is 1. The first-order valence-electron chi connectivity index (χ1n) is 8.02. The van der Waals surface area contributed by atoms with Crippen LogP contribution in [-0.4, -0.2) is 24.2 Å². The third-order valence-corrected chi connectivity index (χ3v) is 4.43. The van der Waals surface area contributed by atoms with Crippen molar-refractivity contribution >= 4 is 40.1 Å². The standard InChI is InChI=1S/C20H15F2NO3S/c21-20(22)27-15-10-8-14(9-11-15)23-18(24)12-26-19(25)17-7-3-5-13-4-1-2-6-16(13)17/h1-11,20H,12H2,(H,23,24). The molecule has 0 saturated heterocycles. The van der Waals surface area contributed by atoms with Crippen molar-refractivity contribution in [2.45, 2.75) is 10.7 Å². The third kappa shape index (κ3) is 5.04. The molecule has 4 nitrogen and oxygen atoms in total. The number of amides is 1. The average Bonchev–Trinajstić information content (AvgIpc) is 2.67. The summed E-state index contributed by atoms with van der Waals surface area (Å²) < 4.78 is 29.7. The zero-order valence-electron chi connectivity index (χ0n) is 14.0. The van der Waals surface area contributed by atoms with Crippen LogP contribution in [0.25, 0.3) is 10.8 Å². The van der Waals surface area contributed by atoms with Crippen molar-refractivity contribution in [2.75, 3.05) is 11.9 Å². The van der Waals surface area contributed by atoms with Crippen molar-refractivity contribution in [2.24, 2.45) is 0 Å². The number of carbonyl (C=O) groups is 2. The van der Waals surface area contributed by atoms with E-state index in [1.54, 1.807) is 12.1 Å². The molecule has 1 amide bonds. The zero-order chi connectivity index (χ0) is 19.2. The maximum absolute atomic E-state index is 12.3. The Morgan fingerprint density at radius 1 is 0.963 bits per heavy atom. The number of rotatable bonds is 6. The minimum Gasteiger partial charge on any atom is -0.452 e. The van der Waals surface area contributed by atoms with Crippen molar-refractivity contribution in [1.82, 2.24) is 0 Å². The van der Waals surface area contributed by atoms with Crippen molar-refractivity contribution < 1.29 is 23.1 Å². The second kappa shape index (κ2) is 8.64. The molecule has 0 aromatic heterocycles. The van der Waals surface area contributed by atoms with E-state index in [0.717, 1.165) is 10.8 Å². The number of alkyl halides is 2. The first kappa shape index (κ1) is 18.8. The third-order valence-electron chi connectivity index (χ3n) is 3.71. The molecule has 138 valence electrons. The van der Waals surface area contributed by atoms with Gasteiger partial charge in [0.05, 0.1) is 5.56 Å². The Morgan fingerprint density at radius 3 is 2.41 bits per heavy atom. The fourth-order valence-electron chi connectivity index (χ4n) is 2.53. The Morgan fingerprint density at radius 2 is 1.67 bits per heavy atom. The molecule has 0 heterocycles. The lowest BCUT2D eigenvalue weighted by atomic mass is 10.1. The molecule has 0 aliphatic heterocycles. The maximum Gasteiger partial charge on any atom is 0.339 e. The number of carbonyl (C=O) groups excluding carboxylic acids is 2. The number of benzene rings is 3. The SMILES string of the molecule is O=C(COC(=O)c1cccc2ccccc12)Nc1ccc(SC(F)F)cc1. The summed E-state index contributed by atoms with van der Waals surface area (Å²) in [6.45, 7) is -0.449. The molecule has 0 unspecified atom stereocenters. The first-order valence-corrected chi connectivity index (χ1v) is 8.90. The molecule has 7 heteroatoms. The van der Waals surface area contributed by atoms with E-state index in [1.165, 1.54) is 24.3 Å². The fourth-order valence-corrected chi connectivity index (χ4v) is 3.03. The lowest BCUT2D eigenvalue weighted by Gasteiger charge is -2.09. The number of esters is 1. The molecule has 3 aromatic rings. The summed E-state index contributed by atoms with van der Waals surface area (Å²) in [5, 5.41) is 4.20. The summed E-state index contributed by atoms with van der Waals surface area (Å²) in [4.78, 5) is 24.6. The quantitative estimate of drug-likeness (QED) is 0.480. The summed E-state index contributed by atoms with van der Waals surface area (Å²) in [7, 11) is 0. The van der Waals surface area contributed by atoms with Crippen LogP contribution in [0, 0.1) is 0 Å². The highest BCUT2D eigenvalue weighted by Gasteiger charge is 2.13. The Labute approximate surface area is 158 Å². The molecule has 0 aliphatic rings. The molecule has 0 aliphatic carbocycles. The number of nitrogens with one attached hydrogen (secondary N) is 1. The highest BCUT2D eigenvalue weighted by atomic mass is 32.2. The van der Waals surface area contributed by atoms with Gasteiger partial charge in [-0.3, -0.25) is 4.79 Å². The number of halogens is 2. The van der Waals surface area contributed by atoms with Gasteiger partial charge in [-0.05, 0) is 41.1 Å². The lowest BCUT2D eigenvalue weighted by Crippen LogP contribution is -2.21. The maximum atomic E-state index is 12.3. The van der Waals surface area contributed by atoms with Crippen LogP contribution >= 0.6 is 11.8 Å². The molecule has 0 atom stereocenters. The number of hydrogen-bond acceptors (Lipinski definition) is 4. The van der Waals surface area contributed by atoms with Crippen LogP contribution in [0.5, 0.6) is 0 Å². The second-order valence-corrected chi connectivity index (χ2v) is 6.62. The normalized spacial score (nSPS) is 10.8. The smallest absolute Gasteiger partial charge is 0.339 e. The van der Waals surface area contributed by atoms with E-state index >= 15 is 0 Å². The monoisotopic (exact) mass is 387 g/mol. The lowest BCUT2D eigenvalue weighted by molar-refractivity contribution is -0.119. The van der Waals surface area contributed by atoms with E-state index in [9.17, 15) is 18.4 Å². The number of hydrogen-bond donors (Lipinski definition) is 1. The van der Waals surface area contributed by atoms with Crippen LogP contribution in [0.1, 0.15) is 10.4 Å². The summed E-state index contributed by atoms with van der Waals surface area (Å²) in [6, 6.07) is 18.6. The van der Waals surface area contributed by atoms with Gasteiger partial charge in [0.25, 0.3) is 11.7 Å². The van der Waals surface area contributed by atoms with Gasteiger partial charge in [-0.15, -0.1) is 0 Å². The second-order valence-electron chi connectivity index (χ2n) is 5.55. The van der Waals surface area contributed by atoms with Crippen LogP contribution in [0.2, 0.25) is 0 Å². The largest absolute Gasteiger partial charge is 0.452 e. The minimum atomic E-state index is -2.50. The molecule has 3 aromatic carbocycles. The van der Waals surface area contributed by atoms with Crippen molar-refractivity contribution in [3.63, 3.8) is 0 Å². The molecular weight excluding hydrogens is 372 g/mol. The van der Waals surface area contributed by atoms with E-state index in [1.807, 2.05) is 30.3 Å². The molecule has 0 radical (unpaired) electrons. The van der Waals surface area contributed by atoms with Gasteiger partial charge in [-0.25, -0.2) is 4.79 Å². The Hall–Kier alpha value is -2.93. The summed E-state index contributed by atoms with van der Waals surface area (Å²) in [5.74, 6) is -3.61. The molecule has 0 fully saturated rings. The molecule has 1 N–H and O–H groups in total. The van der Waals surface area contributed by atoms with Gasteiger partial charge >= 0.3 is 5.97 Å². The van der Waals surface area contributed by atoms with Gasteiger partial charge in [0.1, 0.15) is 0 Å². The van der Waals surface area contributed by atoms with Crippen LogP contribution in [0.4, 0.5) is 14.5 Å². The Balaban J connectivity index is 1.58. The van der Waals surface area contributed by atoms with Crippen LogP contribution in [0.15, 0.2) is 71.6 Å². The molecule has 3 rings (SSSR count). The Bertz CT molecular complexity index is 956. The summed E-state index contributed by atoms with van der Waals surface area (Å²) in [6.07, 6.45) is 0. The number of ether oxygens (including phenoxy) is 1.